The number of rotatable bonds is 6. The first-order valence-corrected chi connectivity index (χ1v) is 10.6. The van der Waals surface area contributed by atoms with Crippen molar-refractivity contribution in [3.63, 3.8) is 0 Å². The Kier molecular flexibility index (Phi) is 5.79. The molecule has 2 unspecified atom stereocenters. The van der Waals surface area contributed by atoms with Crippen molar-refractivity contribution < 1.29 is 9.18 Å². The highest BCUT2D eigenvalue weighted by Gasteiger charge is 2.42. The molecule has 2 heterocycles. The second-order valence-electron chi connectivity index (χ2n) is 8.61. The van der Waals surface area contributed by atoms with E-state index >= 15 is 0 Å². The van der Waals surface area contributed by atoms with E-state index in [0.29, 0.717) is 55.7 Å². The van der Waals surface area contributed by atoms with Gasteiger partial charge in [0.05, 0.1) is 6.54 Å². The molecule has 31 heavy (non-hydrogen) atoms. The molecule has 2 aromatic rings. The molecule has 7 nitrogen and oxygen atoms in total. The predicted octanol–water partition coefficient (Wildman–Crippen LogP) is 2.43. The van der Waals surface area contributed by atoms with E-state index < -0.39 is 16.7 Å². The Hall–Kier alpha value is -2.81. The van der Waals surface area contributed by atoms with E-state index in [1.165, 1.54) is 0 Å². The lowest BCUT2D eigenvalue weighted by molar-refractivity contribution is 0.100. The van der Waals surface area contributed by atoms with Crippen molar-refractivity contribution in [3.8, 4) is 0 Å². The van der Waals surface area contributed by atoms with Gasteiger partial charge in [-0.2, -0.15) is 0 Å². The van der Waals surface area contributed by atoms with Gasteiger partial charge in [-0.25, -0.2) is 4.39 Å². The maximum absolute atomic E-state index is 14.4. The lowest BCUT2D eigenvalue weighted by Gasteiger charge is -2.46. The summed E-state index contributed by atoms with van der Waals surface area (Å²) in [6.45, 7) is 2.08. The highest BCUT2D eigenvalue weighted by atomic mass is 19.1. The number of carbonyl (C=O) groups excluding carboxylic acids is 1. The third kappa shape index (κ3) is 4.32. The number of primary amides is 1. The molecule has 2 aliphatic rings. The van der Waals surface area contributed by atoms with E-state index in [1.807, 2.05) is 6.07 Å². The number of carbonyl (C=O) groups is 1. The standard InChI is InChI=1S/C23H28FN5O2/c24-19-7-9-28(10-8-19)13-20-11-17-5-6-18(22(25)26)12-21(17)29(20,31)14-15-1-3-16(4-2-15)23(27)30/h1-6,12,19-20H,7-11,13-14H2,(H3,25,26)(H2,27,30). The van der Waals surface area contributed by atoms with Crippen molar-refractivity contribution in [2.75, 3.05) is 19.6 Å². The number of quaternary nitrogens is 1. The van der Waals surface area contributed by atoms with Crippen molar-refractivity contribution >= 4 is 17.4 Å². The van der Waals surface area contributed by atoms with Gasteiger partial charge >= 0.3 is 0 Å². The van der Waals surface area contributed by atoms with E-state index in [0.717, 1.165) is 11.1 Å². The van der Waals surface area contributed by atoms with Gasteiger partial charge in [0.25, 0.3) is 0 Å². The zero-order valence-corrected chi connectivity index (χ0v) is 17.4. The quantitative estimate of drug-likeness (QED) is 0.285. The summed E-state index contributed by atoms with van der Waals surface area (Å²) in [6.07, 6.45) is 0.861. The summed E-state index contributed by atoms with van der Waals surface area (Å²) in [5.41, 5.74) is 14.3. The van der Waals surface area contributed by atoms with Gasteiger partial charge in [0, 0.05) is 47.8 Å². The topological polar surface area (TPSA) is 119 Å². The molecule has 2 atom stereocenters. The second kappa shape index (κ2) is 8.37. The normalized spacial score (nSPS) is 24.1. The average molecular weight is 426 g/mol. The number of nitrogen functional groups attached to an aromatic ring is 1. The monoisotopic (exact) mass is 425 g/mol. The molecule has 0 aliphatic carbocycles. The molecule has 2 aromatic carbocycles. The summed E-state index contributed by atoms with van der Waals surface area (Å²) < 4.78 is 13.0. The predicted molar refractivity (Wildman–Crippen MR) is 119 cm³/mol. The molecule has 0 aromatic heterocycles. The van der Waals surface area contributed by atoms with Gasteiger partial charge < -0.3 is 21.3 Å². The lowest BCUT2D eigenvalue weighted by atomic mass is 10.1. The zero-order valence-electron chi connectivity index (χ0n) is 17.4. The van der Waals surface area contributed by atoms with E-state index in [1.54, 1.807) is 36.4 Å². The maximum atomic E-state index is 14.4. The first-order chi connectivity index (χ1) is 14.8. The van der Waals surface area contributed by atoms with E-state index in [2.05, 4.69) is 4.90 Å². The summed E-state index contributed by atoms with van der Waals surface area (Å²) in [4.78, 5) is 13.6. The van der Waals surface area contributed by atoms with Crippen molar-refractivity contribution in [2.45, 2.75) is 38.0 Å². The number of hydroxylamine groups is 2. The molecule has 0 saturated carbocycles. The number of alkyl halides is 1. The van der Waals surface area contributed by atoms with Gasteiger partial charge in [0.1, 0.15) is 30.3 Å². The smallest absolute Gasteiger partial charge is 0.248 e. The zero-order chi connectivity index (χ0) is 22.2. The Morgan fingerprint density at radius 3 is 2.39 bits per heavy atom. The van der Waals surface area contributed by atoms with Crippen LogP contribution in [0.4, 0.5) is 10.1 Å². The number of hydrogen-bond acceptors (Lipinski definition) is 4. The molecular weight excluding hydrogens is 397 g/mol. The van der Waals surface area contributed by atoms with Crippen molar-refractivity contribution in [2.24, 2.45) is 11.5 Å². The van der Waals surface area contributed by atoms with Crippen LogP contribution in [0.15, 0.2) is 42.5 Å². The molecule has 1 amide bonds. The number of fused-ring (bicyclic) bond motifs is 1. The number of benzene rings is 2. The van der Waals surface area contributed by atoms with E-state index in [9.17, 15) is 14.4 Å². The summed E-state index contributed by atoms with van der Waals surface area (Å²) in [7, 11) is 0. The summed E-state index contributed by atoms with van der Waals surface area (Å²) >= 11 is 0. The van der Waals surface area contributed by atoms with Crippen LogP contribution in [0, 0.1) is 10.6 Å². The van der Waals surface area contributed by atoms with Crippen LogP contribution < -0.4 is 16.1 Å². The molecular formula is C23H28FN5O2. The maximum Gasteiger partial charge on any atom is 0.248 e. The first kappa shape index (κ1) is 21.4. The Morgan fingerprint density at radius 1 is 1.13 bits per heavy atom. The minimum atomic E-state index is -0.759. The van der Waals surface area contributed by atoms with Crippen LogP contribution in [0.25, 0.3) is 0 Å². The molecule has 1 saturated heterocycles. The van der Waals surface area contributed by atoms with Crippen LogP contribution in [0.2, 0.25) is 0 Å². The molecule has 0 spiro atoms. The number of halogens is 1. The first-order valence-electron chi connectivity index (χ1n) is 10.6. The van der Waals surface area contributed by atoms with Crippen LogP contribution in [-0.4, -0.2) is 48.5 Å². The van der Waals surface area contributed by atoms with Crippen molar-refractivity contribution in [1.82, 2.24) is 9.55 Å². The Labute approximate surface area is 181 Å². The van der Waals surface area contributed by atoms with Gasteiger partial charge in [-0.1, -0.05) is 24.3 Å². The summed E-state index contributed by atoms with van der Waals surface area (Å²) in [5.74, 6) is -0.585. The second-order valence-corrected chi connectivity index (χ2v) is 8.61. The Balaban J connectivity index is 1.65. The number of nitrogens with zero attached hydrogens (tertiary/aromatic N) is 2. The molecule has 0 radical (unpaired) electrons. The molecule has 2 aliphatic heterocycles. The molecule has 1 fully saturated rings. The number of likely N-dealkylation sites (tertiary alicyclic amines) is 1. The van der Waals surface area contributed by atoms with Crippen molar-refractivity contribution in [3.05, 3.63) is 69.9 Å². The van der Waals surface area contributed by atoms with Crippen LogP contribution in [0.5, 0.6) is 0 Å². The van der Waals surface area contributed by atoms with Gasteiger partial charge in [-0.3, -0.25) is 15.1 Å². The third-order valence-corrected chi connectivity index (χ3v) is 6.49. The Bertz CT molecular complexity index is 988. The summed E-state index contributed by atoms with van der Waals surface area (Å²) in [5, 5.41) is 22.2. The number of hydrogen-bond donors (Lipinski definition) is 3. The Morgan fingerprint density at radius 2 is 1.77 bits per heavy atom. The minimum Gasteiger partial charge on any atom is -0.627 e. The molecule has 164 valence electrons. The number of piperidine rings is 1. The molecule has 4 rings (SSSR count). The fourth-order valence-corrected chi connectivity index (χ4v) is 4.69. The summed E-state index contributed by atoms with van der Waals surface area (Å²) in [6, 6.07) is 11.9. The average Bonchev–Trinajstić information content (AvgIpc) is 3.01. The third-order valence-electron chi connectivity index (χ3n) is 6.49. The SMILES string of the molecule is N=C(N)c1ccc2c(c1)[N+]([O-])(Cc1ccc(C(N)=O)cc1)C(CN1CCC(F)CC1)C2. The van der Waals surface area contributed by atoms with E-state index in [4.69, 9.17) is 16.9 Å². The van der Waals surface area contributed by atoms with Gasteiger partial charge in [-0.15, -0.1) is 0 Å². The number of nitrogens with two attached hydrogens (primary N) is 2. The van der Waals surface area contributed by atoms with Crippen LogP contribution in [-0.2, 0) is 13.0 Å². The highest BCUT2D eigenvalue weighted by molar-refractivity contribution is 5.96. The lowest BCUT2D eigenvalue weighted by Crippen LogP contribution is -2.54. The van der Waals surface area contributed by atoms with Crippen LogP contribution in [0.1, 0.15) is 39.9 Å². The fourth-order valence-electron chi connectivity index (χ4n) is 4.69. The highest BCUT2D eigenvalue weighted by Crippen LogP contribution is 2.41. The molecule has 0 bridgehead atoms. The molecule has 5 N–H and O–H groups in total. The minimum absolute atomic E-state index is 0.0753. The van der Waals surface area contributed by atoms with Gasteiger partial charge in [0.2, 0.25) is 5.91 Å². The van der Waals surface area contributed by atoms with Gasteiger partial charge in [0.15, 0.2) is 0 Å². The fraction of sp³-hybridized carbons (Fsp3) is 0.391. The van der Waals surface area contributed by atoms with E-state index in [-0.39, 0.29) is 18.4 Å². The van der Waals surface area contributed by atoms with Gasteiger partial charge in [-0.05, 0) is 25.0 Å². The number of amides is 1. The van der Waals surface area contributed by atoms with Crippen molar-refractivity contribution in [1.29, 1.82) is 5.41 Å². The largest absolute Gasteiger partial charge is 0.627 e. The molecule has 8 heteroatoms. The van der Waals surface area contributed by atoms with Crippen LogP contribution >= 0.6 is 0 Å². The van der Waals surface area contributed by atoms with Crippen LogP contribution in [0.3, 0.4) is 0 Å². The number of amidine groups is 1. The number of nitrogens with one attached hydrogen (secondary N) is 1.